The largest absolute Gasteiger partial charge is 0.445 e. The summed E-state index contributed by atoms with van der Waals surface area (Å²) in [4.78, 5) is 36.1. The van der Waals surface area contributed by atoms with Gasteiger partial charge in [-0.25, -0.2) is 4.79 Å². The van der Waals surface area contributed by atoms with Crippen molar-refractivity contribution in [2.24, 2.45) is 5.92 Å². The molecule has 2 amide bonds. The van der Waals surface area contributed by atoms with Gasteiger partial charge in [-0.2, -0.15) is 0 Å². The van der Waals surface area contributed by atoms with Crippen molar-refractivity contribution in [1.29, 1.82) is 0 Å². The lowest BCUT2D eigenvalue weighted by molar-refractivity contribution is -0.170. The molecule has 0 radical (unpaired) electrons. The van der Waals surface area contributed by atoms with Crippen LogP contribution in [0.5, 0.6) is 0 Å². The van der Waals surface area contributed by atoms with Crippen LogP contribution in [-0.2, 0) is 30.4 Å². The molecule has 2 N–H and O–H groups in total. The highest BCUT2D eigenvalue weighted by molar-refractivity contribution is 5.85. The number of benzene rings is 1. The third-order valence-corrected chi connectivity index (χ3v) is 4.46. The lowest BCUT2D eigenvalue weighted by Crippen LogP contribution is -2.52. The number of ether oxygens (including phenoxy) is 3. The maximum Gasteiger partial charge on any atom is 0.408 e. The second-order valence-electron chi connectivity index (χ2n) is 7.64. The highest BCUT2D eigenvalue weighted by Crippen LogP contribution is 2.16. The van der Waals surface area contributed by atoms with Crippen LogP contribution in [0.25, 0.3) is 0 Å². The second kappa shape index (κ2) is 10.8. The third-order valence-electron chi connectivity index (χ3n) is 4.46. The number of alkyl carbamates (subject to hydrolysis) is 1. The molecule has 29 heavy (non-hydrogen) atoms. The Morgan fingerprint density at radius 2 is 1.90 bits per heavy atom. The Hall–Kier alpha value is -2.61. The number of carbonyl (C=O) groups excluding carboxylic acids is 3. The van der Waals surface area contributed by atoms with E-state index in [1.54, 1.807) is 0 Å². The Bertz CT molecular complexity index is 704. The van der Waals surface area contributed by atoms with Gasteiger partial charge in [0, 0.05) is 6.92 Å². The van der Waals surface area contributed by atoms with Crippen LogP contribution in [0.3, 0.4) is 0 Å². The Morgan fingerprint density at radius 1 is 1.21 bits per heavy atom. The fourth-order valence-electron chi connectivity index (χ4n) is 2.99. The van der Waals surface area contributed by atoms with Gasteiger partial charge in [0.05, 0.1) is 12.6 Å². The van der Waals surface area contributed by atoms with E-state index in [1.807, 2.05) is 45.0 Å². The maximum absolute atomic E-state index is 12.7. The second-order valence-corrected chi connectivity index (χ2v) is 7.64. The molecule has 2 rings (SSSR count). The SMILES string of the molecule is CC(=O)O[C@@H]1OCC[C@@H]1NC(=O)[C@H](CC(C)C)NC(=O)OCc1ccc(C)cc1. The predicted molar refractivity (Wildman–Crippen MR) is 106 cm³/mol. The zero-order valence-corrected chi connectivity index (χ0v) is 17.4. The van der Waals surface area contributed by atoms with E-state index in [-0.39, 0.29) is 18.4 Å². The first-order valence-electron chi connectivity index (χ1n) is 9.82. The average molecular weight is 406 g/mol. The minimum absolute atomic E-state index is 0.118. The lowest BCUT2D eigenvalue weighted by atomic mass is 10.0. The molecule has 1 aromatic carbocycles. The number of nitrogens with one attached hydrogen (secondary N) is 2. The van der Waals surface area contributed by atoms with Crippen molar-refractivity contribution in [2.75, 3.05) is 6.61 Å². The molecule has 8 heteroatoms. The number of hydrogen-bond acceptors (Lipinski definition) is 6. The standard InChI is InChI=1S/C21H30N2O6/c1-13(2)11-18(19(25)22-17-9-10-27-20(17)29-15(4)24)23-21(26)28-12-16-7-5-14(3)6-8-16/h5-8,13,17-18,20H,9-12H2,1-4H3,(H,22,25)(H,23,26)/t17-,18-,20-/m0/s1. The van der Waals surface area contributed by atoms with Gasteiger partial charge in [0.25, 0.3) is 0 Å². The number of carbonyl (C=O) groups is 3. The van der Waals surface area contributed by atoms with Gasteiger partial charge in [-0.15, -0.1) is 0 Å². The fourth-order valence-corrected chi connectivity index (χ4v) is 2.99. The van der Waals surface area contributed by atoms with E-state index in [0.29, 0.717) is 19.4 Å². The number of rotatable bonds is 8. The molecule has 0 aliphatic carbocycles. The summed E-state index contributed by atoms with van der Waals surface area (Å²) in [5.41, 5.74) is 1.98. The molecule has 1 aromatic rings. The van der Waals surface area contributed by atoms with Crippen molar-refractivity contribution in [1.82, 2.24) is 10.6 Å². The van der Waals surface area contributed by atoms with E-state index in [0.717, 1.165) is 11.1 Å². The summed E-state index contributed by atoms with van der Waals surface area (Å²) in [5, 5.41) is 5.45. The van der Waals surface area contributed by atoms with Gasteiger partial charge >= 0.3 is 12.1 Å². The molecule has 0 spiro atoms. The summed E-state index contributed by atoms with van der Waals surface area (Å²) in [6.45, 7) is 7.68. The highest BCUT2D eigenvalue weighted by Gasteiger charge is 2.34. The van der Waals surface area contributed by atoms with Crippen LogP contribution >= 0.6 is 0 Å². The van der Waals surface area contributed by atoms with Gasteiger partial charge in [-0.05, 0) is 31.2 Å². The minimum Gasteiger partial charge on any atom is -0.445 e. The highest BCUT2D eigenvalue weighted by atomic mass is 16.7. The first-order valence-corrected chi connectivity index (χ1v) is 9.82. The molecule has 1 fully saturated rings. The monoisotopic (exact) mass is 406 g/mol. The van der Waals surface area contributed by atoms with E-state index < -0.39 is 30.4 Å². The molecular formula is C21H30N2O6. The van der Waals surface area contributed by atoms with Crippen molar-refractivity contribution >= 4 is 18.0 Å². The van der Waals surface area contributed by atoms with Gasteiger partial charge in [-0.1, -0.05) is 43.7 Å². The van der Waals surface area contributed by atoms with Crippen LogP contribution in [0.4, 0.5) is 4.79 Å². The van der Waals surface area contributed by atoms with Crippen LogP contribution in [-0.4, -0.2) is 43.0 Å². The molecule has 1 aliphatic rings. The summed E-state index contributed by atoms with van der Waals surface area (Å²) in [6, 6.07) is 6.43. The maximum atomic E-state index is 12.7. The molecule has 0 aromatic heterocycles. The third kappa shape index (κ3) is 7.73. The zero-order valence-electron chi connectivity index (χ0n) is 17.4. The van der Waals surface area contributed by atoms with Crippen molar-refractivity contribution in [2.45, 2.75) is 65.5 Å². The zero-order chi connectivity index (χ0) is 21.4. The quantitative estimate of drug-likeness (QED) is 0.643. The molecule has 1 saturated heterocycles. The van der Waals surface area contributed by atoms with E-state index in [4.69, 9.17) is 14.2 Å². The predicted octanol–water partition coefficient (Wildman–Crippen LogP) is 2.43. The van der Waals surface area contributed by atoms with Crippen LogP contribution in [0, 0.1) is 12.8 Å². The summed E-state index contributed by atoms with van der Waals surface area (Å²) in [6.07, 6.45) is -0.511. The topological polar surface area (TPSA) is 103 Å². The number of hydrogen-bond donors (Lipinski definition) is 2. The van der Waals surface area contributed by atoms with Gasteiger partial charge in [0.2, 0.25) is 12.2 Å². The van der Waals surface area contributed by atoms with Crippen LogP contribution in [0.2, 0.25) is 0 Å². The van der Waals surface area contributed by atoms with E-state index >= 15 is 0 Å². The Morgan fingerprint density at radius 3 is 2.52 bits per heavy atom. The number of amides is 2. The molecule has 3 atom stereocenters. The molecule has 0 saturated carbocycles. The Balaban J connectivity index is 1.91. The molecule has 1 aliphatic heterocycles. The van der Waals surface area contributed by atoms with Crippen molar-refractivity contribution in [3.05, 3.63) is 35.4 Å². The minimum atomic E-state index is -0.815. The first kappa shape index (κ1) is 22.7. The van der Waals surface area contributed by atoms with Crippen LogP contribution in [0.15, 0.2) is 24.3 Å². The summed E-state index contributed by atoms with van der Waals surface area (Å²) < 4.78 is 15.7. The number of aryl methyl sites for hydroxylation is 1. The van der Waals surface area contributed by atoms with Gasteiger partial charge in [0.15, 0.2) is 0 Å². The fraction of sp³-hybridized carbons (Fsp3) is 0.571. The normalized spacial score (nSPS) is 19.5. The first-order chi connectivity index (χ1) is 13.7. The summed E-state index contributed by atoms with van der Waals surface area (Å²) in [7, 11) is 0. The van der Waals surface area contributed by atoms with Crippen LogP contribution < -0.4 is 10.6 Å². The summed E-state index contributed by atoms with van der Waals surface area (Å²) in [5.74, 6) is -0.668. The average Bonchev–Trinajstić information content (AvgIpc) is 3.06. The Labute approximate surface area is 171 Å². The Kier molecular flexibility index (Phi) is 8.45. The van der Waals surface area contributed by atoms with Gasteiger partial charge < -0.3 is 24.8 Å². The van der Waals surface area contributed by atoms with Gasteiger partial charge in [-0.3, -0.25) is 9.59 Å². The molecule has 0 bridgehead atoms. The van der Waals surface area contributed by atoms with E-state index in [9.17, 15) is 14.4 Å². The van der Waals surface area contributed by atoms with Gasteiger partial charge in [0.1, 0.15) is 12.6 Å². The summed E-state index contributed by atoms with van der Waals surface area (Å²) >= 11 is 0. The molecule has 8 nitrogen and oxygen atoms in total. The van der Waals surface area contributed by atoms with E-state index in [1.165, 1.54) is 6.92 Å². The molecular weight excluding hydrogens is 376 g/mol. The van der Waals surface area contributed by atoms with Crippen molar-refractivity contribution < 1.29 is 28.6 Å². The smallest absolute Gasteiger partial charge is 0.408 e. The van der Waals surface area contributed by atoms with Crippen molar-refractivity contribution in [3.8, 4) is 0 Å². The van der Waals surface area contributed by atoms with Crippen LogP contribution in [0.1, 0.15) is 44.7 Å². The van der Waals surface area contributed by atoms with Crippen molar-refractivity contribution in [3.63, 3.8) is 0 Å². The van der Waals surface area contributed by atoms with E-state index in [2.05, 4.69) is 10.6 Å². The molecule has 0 unspecified atom stereocenters. The molecule has 160 valence electrons. The number of esters is 1. The lowest BCUT2D eigenvalue weighted by Gasteiger charge is -2.24. The molecule has 1 heterocycles.